The van der Waals surface area contributed by atoms with Crippen molar-refractivity contribution in [1.82, 2.24) is 10.0 Å². The van der Waals surface area contributed by atoms with Crippen molar-refractivity contribution >= 4 is 15.9 Å². The molecule has 0 spiro atoms. The molecule has 0 radical (unpaired) electrons. The lowest BCUT2D eigenvalue weighted by molar-refractivity contribution is 0.0939. The molecule has 0 saturated heterocycles. The summed E-state index contributed by atoms with van der Waals surface area (Å²) in [5.41, 5.74) is 2.59. The third kappa shape index (κ3) is 5.20. The first-order chi connectivity index (χ1) is 13.3. The van der Waals surface area contributed by atoms with Crippen LogP contribution in [0.5, 0.6) is 0 Å². The maximum atomic E-state index is 12.6. The SMILES string of the molecule is CC(C)c1ccc(C(C)NC(=O)c2cccc(S(=O)(=O)NCC3CC3)c2)cc1. The summed E-state index contributed by atoms with van der Waals surface area (Å²) in [7, 11) is -3.59. The van der Waals surface area contributed by atoms with Gasteiger partial charge in [-0.2, -0.15) is 0 Å². The second kappa shape index (κ2) is 8.45. The molecule has 1 atom stereocenters. The molecule has 5 nitrogen and oxygen atoms in total. The Bertz CT molecular complexity index is 933. The van der Waals surface area contributed by atoms with Gasteiger partial charge in [0.2, 0.25) is 10.0 Å². The van der Waals surface area contributed by atoms with Gasteiger partial charge in [0.1, 0.15) is 0 Å². The van der Waals surface area contributed by atoms with E-state index in [1.165, 1.54) is 17.7 Å². The number of nitrogens with one attached hydrogen (secondary N) is 2. The third-order valence-corrected chi connectivity index (χ3v) is 6.54. The van der Waals surface area contributed by atoms with E-state index in [0.717, 1.165) is 18.4 Å². The normalized spacial score (nSPS) is 15.4. The maximum absolute atomic E-state index is 12.6. The second-order valence-electron chi connectivity index (χ2n) is 7.84. The van der Waals surface area contributed by atoms with Crippen molar-refractivity contribution in [2.24, 2.45) is 5.92 Å². The van der Waals surface area contributed by atoms with E-state index in [2.05, 4.69) is 36.0 Å². The Morgan fingerprint density at radius 2 is 1.68 bits per heavy atom. The molecule has 150 valence electrons. The Kier molecular flexibility index (Phi) is 6.20. The van der Waals surface area contributed by atoms with Crippen molar-refractivity contribution in [3.8, 4) is 0 Å². The van der Waals surface area contributed by atoms with Crippen LogP contribution in [0.4, 0.5) is 0 Å². The van der Waals surface area contributed by atoms with E-state index in [-0.39, 0.29) is 16.8 Å². The zero-order valence-electron chi connectivity index (χ0n) is 16.6. The topological polar surface area (TPSA) is 75.3 Å². The van der Waals surface area contributed by atoms with Crippen molar-refractivity contribution in [3.63, 3.8) is 0 Å². The van der Waals surface area contributed by atoms with Gasteiger partial charge in [-0.3, -0.25) is 4.79 Å². The zero-order valence-corrected chi connectivity index (χ0v) is 17.4. The number of hydrogen-bond acceptors (Lipinski definition) is 3. The van der Waals surface area contributed by atoms with Crippen LogP contribution in [-0.4, -0.2) is 20.9 Å². The number of benzene rings is 2. The van der Waals surface area contributed by atoms with Crippen molar-refractivity contribution in [3.05, 3.63) is 65.2 Å². The molecule has 6 heteroatoms. The average molecular weight is 401 g/mol. The summed E-state index contributed by atoms with van der Waals surface area (Å²) in [6, 6.07) is 14.2. The zero-order chi connectivity index (χ0) is 20.3. The summed E-state index contributed by atoms with van der Waals surface area (Å²) >= 11 is 0. The molecule has 0 aliphatic heterocycles. The molecule has 1 unspecified atom stereocenters. The Balaban J connectivity index is 1.68. The van der Waals surface area contributed by atoms with Crippen LogP contribution >= 0.6 is 0 Å². The molecule has 1 saturated carbocycles. The van der Waals surface area contributed by atoms with Crippen LogP contribution in [0, 0.1) is 5.92 Å². The van der Waals surface area contributed by atoms with Crippen LogP contribution in [0.25, 0.3) is 0 Å². The lowest BCUT2D eigenvalue weighted by Crippen LogP contribution is -2.28. The van der Waals surface area contributed by atoms with Gasteiger partial charge in [-0.05, 0) is 60.9 Å². The Morgan fingerprint density at radius 3 is 2.29 bits per heavy atom. The predicted octanol–water partition coefficient (Wildman–Crippen LogP) is 3.99. The molecule has 0 heterocycles. The monoisotopic (exact) mass is 400 g/mol. The van der Waals surface area contributed by atoms with Crippen LogP contribution in [0.1, 0.15) is 67.1 Å². The van der Waals surface area contributed by atoms with Gasteiger partial charge in [0, 0.05) is 12.1 Å². The largest absolute Gasteiger partial charge is 0.346 e. The summed E-state index contributed by atoms with van der Waals surface area (Å²) in [6.45, 7) is 6.66. The fraction of sp³-hybridized carbons (Fsp3) is 0.409. The summed E-state index contributed by atoms with van der Waals surface area (Å²) in [5.74, 6) is 0.612. The lowest BCUT2D eigenvalue weighted by Gasteiger charge is -2.16. The van der Waals surface area contributed by atoms with Crippen LogP contribution < -0.4 is 10.0 Å². The molecule has 0 aromatic heterocycles. The van der Waals surface area contributed by atoms with Crippen molar-refractivity contribution in [2.75, 3.05) is 6.54 Å². The van der Waals surface area contributed by atoms with E-state index in [1.807, 2.05) is 19.1 Å². The average Bonchev–Trinajstić information content (AvgIpc) is 3.51. The molecule has 2 aromatic rings. The highest BCUT2D eigenvalue weighted by Gasteiger charge is 2.24. The van der Waals surface area contributed by atoms with Gasteiger partial charge in [0.05, 0.1) is 10.9 Å². The van der Waals surface area contributed by atoms with Crippen LogP contribution in [0.2, 0.25) is 0 Å². The quantitative estimate of drug-likeness (QED) is 0.703. The van der Waals surface area contributed by atoms with E-state index >= 15 is 0 Å². The molecule has 28 heavy (non-hydrogen) atoms. The van der Waals surface area contributed by atoms with E-state index in [9.17, 15) is 13.2 Å². The Hall–Kier alpha value is -2.18. The van der Waals surface area contributed by atoms with Crippen molar-refractivity contribution in [2.45, 2.75) is 50.5 Å². The van der Waals surface area contributed by atoms with E-state index in [1.54, 1.807) is 12.1 Å². The predicted molar refractivity (Wildman–Crippen MR) is 111 cm³/mol. The molecule has 1 aliphatic rings. The molecular weight excluding hydrogens is 372 g/mol. The minimum absolute atomic E-state index is 0.120. The van der Waals surface area contributed by atoms with Gasteiger partial charge in [-0.15, -0.1) is 0 Å². The second-order valence-corrected chi connectivity index (χ2v) is 9.61. The minimum atomic E-state index is -3.59. The summed E-state index contributed by atoms with van der Waals surface area (Å²) in [4.78, 5) is 12.8. The third-order valence-electron chi connectivity index (χ3n) is 5.12. The molecule has 2 N–H and O–H groups in total. The van der Waals surface area contributed by atoms with Gasteiger partial charge in [-0.1, -0.05) is 44.2 Å². The molecular formula is C22H28N2O3S. The first-order valence-corrected chi connectivity index (χ1v) is 11.2. The van der Waals surface area contributed by atoms with Crippen molar-refractivity contribution < 1.29 is 13.2 Å². The summed E-state index contributed by atoms with van der Waals surface area (Å²) in [6.07, 6.45) is 2.14. The van der Waals surface area contributed by atoms with Crippen LogP contribution in [0.3, 0.4) is 0 Å². The highest BCUT2D eigenvalue weighted by molar-refractivity contribution is 7.89. The Morgan fingerprint density at radius 1 is 1.04 bits per heavy atom. The van der Waals surface area contributed by atoms with Crippen LogP contribution in [0.15, 0.2) is 53.4 Å². The number of hydrogen-bond donors (Lipinski definition) is 2. The molecule has 3 rings (SSSR count). The highest BCUT2D eigenvalue weighted by atomic mass is 32.2. The molecule has 1 fully saturated rings. The number of carbonyl (C=O) groups is 1. The summed E-state index contributed by atoms with van der Waals surface area (Å²) in [5, 5.41) is 2.95. The molecule has 2 aromatic carbocycles. The standard InChI is InChI=1S/C22H28N2O3S/c1-15(2)18-9-11-19(12-10-18)16(3)24-22(25)20-5-4-6-21(13-20)28(26,27)23-14-17-7-8-17/h4-6,9-13,15-17,23H,7-8,14H2,1-3H3,(H,24,25). The van der Waals surface area contributed by atoms with Gasteiger partial charge in [0.15, 0.2) is 0 Å². The number of amides is 1. The van der Waals surface area contributed by atoms with Gasteiger partial charge in [-0.25, -0.2) is 13.1 Å². The van der Waals surface area contributed by atoms with Crippen molar-refractivity contribution in [1.29, 1.82) is 0 Å². The molecule has 1 amide bonds. The molecule has 0 bridgehead atoms. The Labute approximate surface area is 167 Å². The highest BCUT2D eigenvalue weighted by Crippen LogP contribution is 2.28. The fourth-order valence-corrected chi connectivity index (χ4v) is 4.13. The minimum Gasteiger partial charge on any atom is -0.346 e. The van der Waals surface area contributed by atoms with Gasteiger partial charge >= 0.3 is 0 Å². The lowest BCUT2D eigenvalue weighted by atomic mass is 9.99. The number of sulfonamides is 1. The first-order valence-electron chi connectivity index (χ1n) is 9.76. The first kappa shape index (κ1) is 20.6. The van der Waals surface area contributed by atoms with E-state index in [4.69, 9.17) is 0 Å². The number of rotatable bonds is 8. The molecule has 1 aliphatic carbocycles. The summed E-state index contributed by atoms with van der Waals surface area (Å²) < 4.78 is 27.5. The fourth-order valence-electron chi connectivity index (χ4n) is 2.97. The van der Waals surface area contributed by atoms with E-state index in [0.29, 0.717) is 23.9 Å². The van der Waals surface area contributed by atoms with Crippen LogP contribution in [-0.2, 0) is 10.0 Å². The van der Waals surface area contributed by atoms with Gasteiger partial charge < -0.3 is 5.32 Å². The maximum Gasteiger partial charge on any atom is 0.251 e. The number of carbonyl (C=O) groups excluding carboxylic acids is 1. The van der Waals surface area contributed by atoms with E-state index < -0.39 is 10.0 Å². The smallest absolute Gasteiger partial charge is 0.251 e. The van der Waals surface area contributed by atoms with Gasteiger partial charge in [0.25, 0.3) is 5.91 Å².